The quantitative estimate of drug-likeness (QED) is 0.355. The fraction of sp³-hybridized carbons (Fsp3) is 0.423. The molecule has 4 heterocycles. The zero-order chi connectivity index (χ0) is 28.7. The van der Waals surface area contributed by atoms with E-state index in [1.807, 2.05) is 0 Å². The van der Waals surface area contributed by atoms with E-state index in [1.165, 1.54) is 16.6 Å². The molecule has 2 aliphatic heterocycles. The average Bonchev–Trinajstić information content (AvgIpc) is 3.28. The van der Waals surface area contributed by atoms with Gasteiger partial charge in [-0.05, 0) is 51.0 Å². The van der Waals surface area contributed by atoms with Gasteiger partial charge < -0.3 is 21.3 Å². The molecule has 2 aromatic heterocycles. The van der Waals surface area contributed by atoms with Crippen molar-refractivity contribution in [3.8, 4) is 0 Å². The molecule has 40 heavy (non-hydrogen) atoms. The molecule has 2 saturated heterocycles. The molecule has 0 spiro atoms. The topological polar surface area (TPSA) is 134 Å². The van der Waals surface area contributed by atoms with Gasteiger partial charge in [-0.15, -0.1) is 0 Å². The Balaban J connectivity index is 1.20. The molecule has 2 fully saturated rings. The highest BCUT2D eigenvalue weighted by atomic mass is 32.2. The second-order valence-electron chi connectivity index (χ2n) is 10.6. The second-order valence-corrected chi connectivity index (χ2v) is 13.5. The van der Waals surface area contributed by atoms with Gasteiger partial charge in [0.25, 0.3) is 0 Å². The Morgan fingerprint density at radius 2 is 1.85 bits per heavy atom. The molecule has 1 aromatic carbocycles. The normalized spacial score (nSPS) is 18.6. The van der Waals surface area contributed by atoms with Gasteiger partial charge in [-0.2, -0.15) is 4.31 Å². The number of hydrogen-bond acceptors (Lipinski definition) is 10. The van der Waals surface area contributed by atoms with Gasteiger partial charge in [0.1, 0.15) is 33.0 Å². The van der Waals surface area contributed by atoms with E-state index < -0.39 is 33.0 Å². The number of piperidine rings is 1. The van der Waals surface area contributed by atoms with Gasteiger partial charge in [-0.25, -0.2) is 27.2 Å². The van der Waals surface area contributed by atoms with Crippen LogP contribution in [0.15, 0.2) is 41.4 Å². The monoisotopic (exact) mass is 591 g/mol. The van der Waals surface area contributed by atoms with Crippen LogP contribution in [0.1, 0.15) is 41.9 Å². The lowest BCUT2D eigenvalue weighted by Gasteiger charge is -2.39. The first-order valence-corrected chi connectivity index (χ1v) is 15.2. The van der Waals surface area contributed by atoms with Gasteiger partial charge in [-0.3, -0.25) is 4.79 Å². The van der Waals surface area contributed by atoms with Gasteiger partial charge in [0.15, 0.2) is 5.13 Å². The van der Waals surface area contributed by atoms with E-state index >= 15 is 0 Å². The lowest BCUT2D eigenvalue weighted by Crippen LogP contribution is -2.57. The van der Waals surface area contributed by atoms with E-state index in [2.05, 4.69) is 39.3 Å². The molecular formula is C26H31F2N7O3S2. The smallest absolute Gasteiger partial charge is 0.244 e. The van der Waals surface area contributed by atoms with Crippen LogP contribution >= 0.6 is 11.3 Å². The van der Waals surface area contributed by atoms with Gasteiger partial charge in [-0.1, -0.05) is 17.4 Å². The first-order valence-electron chi connectivity index (χ1n) is 12.9. The van der Waals surface area contributed by atoms with Crippen molar-refractivity contribution in [3.63, 3.8) is 0 Å². The van der Waals surface area contributed by atoms with Crippen molar-refractivity contribution in [2.24, 2.45) is 0 Å². The maximum absolute atomic E-state index is 14.1. The SMILES string of the molecule is CC1(C)CN(c2ccc(S(=O)(=O)N3CCC(Nc4nc(N)c(C(=O)c5c(F)cccc5F)s4)CC3)cn2)CCN1. The van der Waals surface area contributed by atoms with Crippen LogP contribution in [0.4, 0.5) is 25.5 Å². The number of anilines is 3. The number of nitrogen functional groups attached to an aromatic ring is 1. The lowest BCUT2D eigenvalue weighted by molar-refractivity contribution is 0.103. The maximum Gasteiger partial charge on any atom is 0.244 e. The largest absolute Gasteiger partial charge is 0.382 e. The molecule has 4 N–H and O–H groups in total. The molecule has 10 nitrogen and oxygen atoms in total. The number of rotatable bonds is 7. The number of nitrogens with two attached hydrogens (primary N) is 1. The predicted octanol–water partition coefficient (Wildman–Crippen LogP) is 3.08. The Kier molecular flexibility index (Phi) is 7.79. The molecular weight excluding hydrogens is 560 g/mol. The highest BCUT2D eigenvalue weighted by molar-refractivity contribution is 7.89. The predicted molar refractivity (Wildman–Crippen MR) is 150 cm³/mol. The highest BCUT2D eigenvalue weighted by Gasteiger charge is 2.32. The van der Waals surface area contributed by atoms with Crippen LogP contribution in [0.25, 0.3) is 0 Å². The van der Waals surface area contributed by atoms with Crippen LogP contribution in [0.3, 0.4) is 0 Å². The number of pyridine rings is 1. The van der Waals surface area contributed by atoms with Crippen molar-refractivity contribution in [2.75, 3.05) is 48.7 Å². The Hall–Kier alpha value is -3.20. The van der Waals surface area contributed by atoms with Crippen LogP contribution in [-0.2, 0) is 10.0 Å². The fourth-order valence-electron chi connectivity index (χ4n) is 5.00. The van der Waals surface area contributed by atoms with Gasteiger partial charge in [0, 0.05) is 50.5 Å². The summed E-state index contributed by atoms with van der Waals surface area (Å²) in [5.41, 5.74) is 5.16. The summed E-state index contributed by atoms with van der Waals surface area (Å²) in [5, 5.41) is 6.96. The van der Waals surface area contributed by atoms with E-state index in [0.717, 1.165) is 48.9 Å². The summed E-state index contributed by atoms with van der Waals surface area (Å²) in [6, 6.07) is 6.42. The van der Waals surface area contributed by atoms with E-state index in [0.29, 0.717) is 18.0 Å². The molecule has 0 radical (unpaired) electrons. The number of sulfonamides is 1. The molecule has 214 valence electrons. The Morgan fingerprint density at radius 1 is 1.15 bits per heavy atom. The Morgan fingerprint density at radius 3 is 2.48 bits per heavy atom. The average molecular weight is 592 g/mol. The first-order chi connectivity index (χ1) is 18.9. The number of halogens is 2. The Labute approximate surface area is 235 Å². The summed E-state index contributed by atoms with van der Waals surface area (Å²) in [4.78, 5) is 23.6. The summed E-state index contributed by atoms with van der Waals surface area (Å²) in [6.07, 6.45) is 2.40. The molecule has 0 unspecified atom stereocenters. The molecule has 5 rings (SSSR count). The minimum Gasteiger partial charge on any atom is -0.382 e. The van der Waals surface area contributed by atoms with Crippen molar-refractivity contribution in [2.45, 2.75) is 43.2 Å². The van der Waals surface area contributed by atoms with Gasteiger partial charge >= 0.3 is 0 Å². The number of hydrogen-bond donors (Lipinski definition) is 3. The molecule has 2 aliphatic rings. The fourth-order valence-corrected chi connectivity index (χ4v) is 7.32. The number of aromatic nitrogens is 2. The number of benzene rings is 1. The van der Waals surface area contributed by atoms with E-state index in [-0.39, 0.29) is 40.3 Å². The standard InChI is InChI=1S/C26H31F2N7O3S2/c1-26(2)15-34(13-10-31-26)20-7-6-17(14-30-20)40(37,38)35-11-8-16(9-12-35)32-25-33-24(29)23(39-25)22(36)21-18(27)4-3-5-19(21)28/h3-7,14,16,31H,8-13,15,29H2,1-2H3,(H,32,33). The van der Waals surface area contributed by atoms with Crippen molar-refractivity contribution >= 4 is 43.9 Å². The summed E-state index contributed by atoms with van der Waals surface area (Å²) in [6.45, 7) is 7.18. The summed E-state index contributed by atoms with van der Waals surface area (Å²) in [5.74, 6) is -2.20. The third-order valence-corrected chi connectivity index (χ3v) is 9.97. The van der Waals surface area contributed by atoms with Gasteiger partial charge in [0.2, 0.25) is 15.8 Å². The number of carbonyl (C=O) groups is 1. The summed E-state index contributed by atoms with van der Waals surface area (Å²) in [7, 11) is -3.72. The first kappa shape index (κ1) is 28.3. The van der Waals surface area contributed by atoms with E-state index in [4.69, 9.17) is 5.73 Å². The highest BCUT2D eigenvalue weighted by Crippen LogP contribution is 2.31. The molecule has 0 atom stereocenters. The third kappa shape index (κ3) is 5.80. The molecule has 0 aliphatic carbocycles. The number of ketones is 1. The maximum atomic E-state index is 14.1. The molecule has 0 saturated carbocycles. The molecule has 0 bridgehead atoms. The van der Waals surface area contributed by atoms with Crippen LogP contribution in [0, 0.1) is 11.6 Å². The zero-order valence-electron chi connectivity index (χ0n) is 22.2. The van der Waals surface area contributed by atoms with Crippen molar-refractivity contribution in [1.29, 1.82) is 0 Å². The number of thiazole rings is 1. The lowest BCUT2D eigenvalue weighted by atomic mass is 10.0. The molecule has 3 aromatic rings. The molecule has 14 heteroatoms. The number of piperazine rings is 1. The van der Waals surface area contributed by atoms with Gasteiger partial charge in [0.05, 0.1) is 5.56 Å². The van der Waals surface area contributed by atoms with Crippen molar-refractivity contribution < 1.29 is 22.0 Å². The third-order valence-electron chi connectivity index (χ3n) is 7.08. The summed E-state index contributed by atoms with van der Waals surface area (Å²) < 4.78 is 56.2. The van der Waals surface area contributed by atoms with Crippen LogP contribution in [0.5, 0.6) is 0 Å². The minimum absolute atomic E-state index is 0.0533. The number of carbonyl (C=O) groups excluding carboxylic acids is 1. The summed E-state index contributed by atoms with van der Waals surface area (Å²) >= 11 is 0.911. The van der Waals surface area contributed by atoms with Crippen LogP contribution < -0.4 is 21.3 Å². The Bertz CT molecular complexity index is 1480. The number of nitrogens with one attached hydrogen (secondary N) is 2. The van der Waals surface area contributed by atoms with Crippen LogP contribution in [-0.4, -0.2) is 72.8 Å². The van der Waals surface area contributed by atoms with E-state index in [1.54, 1.807) is 12.1 Å². The van der Waals surface area contributed by atoms with Crippen LogP contribution in [0.2, 0.25) is 0 Å². The van der Waals surface area contributed by atoms with Crippen molar-refractivity contribution in [1.82, 2.24) is 19.6 Å². The number of nitrogens with zero attached hydrogens (tertiary/aromatic N) is 4. The second kappa shape index (κ2) is 11.0. The van der Waals surface area contributed by atoms with Crippen molar-refractivity contribution in [3.05, 3.63) is 58.6 Å². The molecule has 0 amide bonds. The minimum atomic E-state index is -3.72. The van der Waals surface area contributed by atoms with E-state index in [9.17, 15) is 22.0 Å². The zero-order valence-corrected chi connectivity index (χ0v) is 23.8.